The van der Waals surface area contributed by atoms with E-state index >= 15 is 0 Å². The summed E-state index contributed by atoms with van der Waals surface area (Å²) in [6.45, 7) is 9.09. The summed E-state index contributed by atoms with van der Waals surface area (Å²) in [5, 5.41) is 21.7. The van der Waals surface area contributed by atoms with E-state index in [2.05, 4.69) is 5.32 Å². The summed E-state index contributed by atoms with van der Waals surface area (Å²) in [7, 11) is 1.64. The Morgan fingerprint density at radius 2 is 1.73 bits per heavy atom. The van der Waals surface area contributed by atoms with Crippen molar-refractivity contribution in [3.8, 4) is 5.75 Å². The lowest BCUT2D eigenvalue weighted by atomic mass is 9.82. The van der Waals surface area contributed by atoms with Gasteiger partial charge in [-0.05, 0) is 39.8 Å². The van der Waals surface area contributed by atoms with Crippen LogP contribution >= 0.6 is 0 Å². The molecule has 1 aromatic carbocycles. The number of nitrogens with one attached hydrogen (secondary N) is 1. The van der Waals surface area contributed by atoms with Crippen LogP contribution < -0.4 is 15.5 Å². The van der Waals surface area contributed by atoms with Crippen molar-refractivity contribution in [2.45, 2.75) is 38.9 Å². The zero-order chi connectivity index (χ0) is 16.6. The Balaban J connectivity index is 2.39. The molecule has 1 aromatic rings. The second kappa shape index (κ2) is 8.53. The molecule has 0 unspecified atom stereocenters. The van der Waals surface area contributed by atoms with E-state index in [-0.39, 0.29) is 6.61 Å². The lowest BCUT2D eigenvalue weighted by Gasteiger charge is -2.37. The molecular formula is C16H27BNO4. The predicted octanol–water partition coefficient (Wildman–Crippen LogP) is 0.458. The second-order valence-corrected chi connectivity index (χ2v) is 6.20. The monoisotopic (exact) mass is 308 g/mol. The van der Waals surface area contributed by atoms with Crippen LogP contribution in [-0.2, 0) is 4.65 Å². The van der Waals surface area contributed by atoms with E-state index in [9.17, 15) is 5.11 Å². The van der Waals surface area contributed by atoms with E-state index in [0.717, 1.165) is 11.2 Å². The van der Waals surface area contributed by atoms with Crippen LogP contribution in [0.5, 0.6) is 5.75 Å². The van der Waals surface area contributed by atoms with Gasteiger partial charge in [0.25, 0.3) is 0 Å². The highest BCUT2D eigenvalue weighted by atomic mass is 16.5. The molecule has 0 aliphatic carbocycles. The number of rotatable bonds is 10. The fourth-order valence-corrected chi connectivity index (χ4v) is 1.45. The third-order valence-electron chi connectivity index (χ3n) is 3.68. The highest BCUT2D eigenvalue weighted by molar-refractivity contribution is 6.47. The van der Waals surface area contributed by atoms with Gasteiger partial charge in [0.2, 0.25) is 0 Å². The van der Waals surface area contributed by atoms with E-state index in [1.165, 1.54) is 0 Å². The maximum atomic E-state index is 10.0. The molecule has 0 amide bonds. The number of ether oxygens (including phenoxy) is 1. The number of hydrogen-bond acceptors (Lipinski definition) is 5. The third kappa shape index (κ3) is 6.36. The van der Waals surface area contributed by atoms with E-state index in [0.29, 0.717) is 19.7 Å². The Labute approximate surface area is 133 Å². The minimum absolute atomic E-state index is 0.130. The first-order valence-corrected chi connectivity index (χ1v) is 7.54. The van der Waals surface area contributed by atoms with Gasteiger partial charge in [-0.25, -0.2) is 0 Å². The fraction of sp³-hybridized carbons (Fsp3) is 0.625. The molecule has 6 heteroatoms. The molecule has 0 bridgehead atoms. The van der Waals surface area contributed by atoms with Gasteiger partial charge in [0.05, 0.1) is 17.8 Å². The highest BCUT2D eigenvalue weighted by Crippen LogP contribution is 2.24. The molecule has 0 atom stereocenters. The normalized spacial score (nSPS) is 12.3. The van der Waals surface area contributed by atoms with Gasteiger partial charge in [0, 0.05) is 13.1 Å². The van der Waals surface area contributed by atoms with E-state index in [4.69, 9.17) is 14.5 Å². The van der Waals surface area contributed by atoms with Crippen LogP contribution in [0.4, 0.5) is 0 Å². The summed E-state index contributed by atoms with van der Waals surface area (Å²) in [6.07, 6.45) is 0. The molecule has 5 nitrogen and oxygen atoms in total. The Morgan fingerprint density at radius 1 is 1.09 bits per heavy atom. The van der Waals surface area contributed by atoms with E-state index < -0.39 is 11.2 Å². The van der Waals surface area contributed by atoms with E-state index in [1.54, 1.807) is 21.3 Å². The first-order valence-electron chi connectivity index (χ1n) is 7.54. The Bertz CT molecular complexity index is 429. The van der Waals surface area contributed by atoms with Crippen LogP contribution in [0, 0.1) is 0 Å². The lowest BCUT2D eigenvalue weighted by Crippen LogP contribution is -2.49. The van der Waals surface area contributed by atoms with Gasteiger partial charge in [0.1, 0.15) is 12.4 Å². The molecule has 1 rings (SSSR count). The van der Waals surface area contributed by atoms with Crippen molar-refractivity contribution in [1.82, 2.24) is 5.32 Å². The Morgan fingerprint density at radius 3 is 2.27 bits per heavy atom. The number of benzene rings is 1. The Hall–Kier alpha value is -1.08. The van der Waals surface area contributed by atoms with Crippen LogP contribution in [0.15, 0.2) is 24.3 Å². The first kappa shape index (κ1) is 19.0. The van der Waals surface area contributed by atoms with Crippen molar-refractivity contribution in [3.05, 3.63) is 24.3 Å². The molecule has 0 heterocycles. The maximum absolute atomic E-state index is 10.0. The zero-order valence-electron chi connectivity index (χ0n) is 13.9. The van der Waals surface area contributed by atoms with Crippen molar-refractivity contribution in [1.29, 1.82) is 0 Å². The van der Waals surface area contributed by atoms with Gasteiger partial charge in [-0.3, -0.25) is 0 Å². The molecular weight excluding hydrogens is 281 g/mol. The molecule has 0 aliphatic heterocycles. The quantitative estimate of drug-likeness (QED) is 0.433. The average molecular weight is 308 g/mol. The van der Waals surface area contributed by atoms with E-state index in [1.807, 2.05) is 38.1 Å². The van der Waals surface area contributed by atoms with Crippen molar-refractivity contribution < 1.29 is 19.6 Å². The molecule has 0 spiro atoms. The Kier molecular flexibility index (Phi) is 7.36. The van der Waals surface area contributed by atoms with Crippen LogP contribution in [0.2, 0.25) is 0 Å². The van der Waals surface area contributed by atoms with Crippen LogP contribution in [0.3, 0.4) is 0 Å². The maximum Gasteiger partial charge on any atom is 0.330 e. The summed E-state index contributed by atoms with van der Waals surface area (Å²) in [5.41, 5.74) is -0.711. The minimum atomic E-state index is -0.936. The lowest BCUT2D eigenvalue weighted by molar-refractivity contribution is -0.0893. The summed E-state index contributed by atoms with van der Waals surface area (Å²) in [6, 6.07) is 7.55. The van der Waals surface area contributed by atoms with Gasteiger partial charge in [-0.15, -0.1) is 0 Å². The molecule has 0 fully saturated rings. The van der Waals surface area contributed by atoms with Gasteiger partial charge >= 0.3 is 7.48 Å². The SMILES string of the molecule is CC(C)(O)C(C)(C)O[B]c1ccc(OCCNCCO)cc1. The summed E-state index contributed by atoms with van der Waals surface area (Å²) >= 11 is 0. The average Bonchev–Trinajstić information content (AvgIpc) is 2.45. The number of aliphatic hydroxyl groups excluding tert-OH is 1. The van der Waals surface area contributed by atoms with Gasteiger partial charge < -0.3 is 24.9 Å². The van der Waals surface area contributed by atoms with Gasteiger partial charge in [0.15, 0.2) is 0 Å². The first-order chi connectivity index (χ1) is 10.3. The number of hydrogen-bond donors (Lipinski definition) is 3. The fourth-order valence-electron chi connectivity index (χ4n) is 1.45. The van der Waals surface area contributed by atoms with Crippen LogP contribution in [-0.4, -0.2) is 55.2 Å². The van der Waals surface area contributed by atoms with Crippen LogP contribution in [0.1, 0.15) is 27.7 Å². The predicted molar refractivity (Wildman–Crippen MR) is 88.7 cm³/mol. The van der Waals surface area contributed by atoms with Gasteiger partial charge in [-0.1, -0.05) is 17.6 Å². The molecule has 0 aromatic heterocycles. The molecule has 22 heavy (non-hydrogen) atoms. The second-order valence-electron chi connectivity index (χ2n) is 6.20. The smallest absolute Gasteiger partial charge is 0.330 e. The molecule has 0 saturated carbocycles. The number of aliphatic hydroxyl groups is 2. The summed E-state index contributed by atoms with van der Waals surface area (Å²) < 4.78 is 11.3. The standard InChI is InChI=1S/C16H27BNO4/c1-15(2,20)16(3,4)22-17-13-5-7-14(8-6-13)21-12-10-18-9-11-19/h5-8,18-20H,9-12H2,1-4H3. The highest BCUT2D eigenvalue weighted by Gasteiger charge is 2.35. The van der Waals surface area contributed by atoms with Gasteiger partial charge in [-0.2, -0.15) is 0 Å². The topological polar surface area (TPSA) is 71.0 Å². The molecule has 0 aliphatic rings. The van der Waals surface area contributed by atoms with Crippen molar-refractivity contribution in [2.75, 3.05) is 26.3 Å². The van der Waals surface area contributed by atoms with Crippen LogP contribution in [0.25, 0.3) is 0 Å². The summed E-state index contributed by atoms with van der Waals surface area (Å²) in [4.78, 5) is 0. The zero-order valence-corrected chi connectivity index (χ0v) is 13.9. The largest absolute Gasteiger partial charge is 0.492 e. The minimum Gasteiger partial charge on any atom is -0.492 e. The van der Waals surface area contributed by atoms with Crippen molar-refractivity contribution in [3.63, 3.8) is 0 Å². The van der Waals surface area contributed by atoms with Crippen molar-refractivity contribution >= 4 is 12.9 Å². The molecule has 1 radical (unpaired) electrons. The molecule has 0 saturated heterocycles. The third-order valence-corrected chi connectivity index (χ3v) is 3.68. The molecule has 123 valence electrons. The van der Waals surface area contributed by atoms with Crippen molar-refractivity contribution in [2.24, 2.45) is 0 Å². The summed E-state index contributed by atoms with van der Waals surface area (Å²) in [5.74, 6) is 0.782. The molecule has 3 N–H and O–H groups in total.